The highest BCUT2D eigenvalue weighted by Crippen LogP contribution is 2.47. The number of ether oxygens (including phenoxy) is 2. The number of non-ortho nitro benzene ring substituents is 1. The maximum absolute atomic E-state index is 13.9. The SMILES string of the molecule is COC(=O)C1=C(C)[N+](C)(CCC(c2ccccc2)c2ccccc2)C(C)=C(C(=O)OCCCN)C1c1cccc([N+](=O)[O-])c1. The lowest BCUT2D eigenvalue weighted by Gasteiger charge is -2.43. The number of hydrogen-bond donors (Lipinski definition) is 1. The minimum atomic E-state index is -0.919. The van der Waals surface area contributed by atoms with Gasteiger partial charge in [0.1, 0.15) is 22.5 Å². The molecule has 3 aromatic carbocycles. The molecule has 44 heavy (non-hydrogen) atoms. The van der Waals surface area contributed by atoms with Crippen LogP contribution in [0.3, 0.4) is 0 Å². The summed E-state index contributed by atoms with van der Waals surface area (Å²) in [6.07, 6.45) is 1.17. The molecular formula is C35H40N3O6+. The van der Waals surface area contributed by atoms with Gasteiger partial charge in [0.2, 0.25) is 0 Å². The van der Waals surface area contributed by atoms with E-state index in [0.29, 0.717) is 42.9 Å². The number of nitro groups is 1. The number of rotatable bonds is 12. The van der Waals surface area contributed by atoms with E-state index in [1.165, 1.54) is 19.2 Å². The second kappa shape index (κ2) is 14.2. The summed E-state index contributed by atoms with van der Waals surface area (Å²) >= 11 is 0. The first kappa shape index (κ1) is 32.3. The molecule has 0 bridgehead atoms. The largest absolute Gasteiger partial charge is 0.465 e. The van der Waals surface area contributed by atoms with Crippen molar-refractivity contribution in [3.8, 4) is 0 Å². The van der Waals surface area contributed by atoms with Gasteiger partial charge in [-0.05, 0) is 29.7 Å². The molecule has 9 heteroatoms. The molecule has 0 amide bonds. The maximum atomic E-state index is 13.9. The van der Waals surface area contributed by atoms with E-state index < -0.39 is 22.8 Å². The van der Waals surface area contributed by atoms with E-state index in [4.69, 9.17) is 15.2 Å². The molecule has 0 radical (unpaired) electrons. The average Bonchev–Trinajstić information content (AvgIpc) is 3.04. The Bertz CT molecular complexity index is 1530. The fourth-order valence-corrected chi connectivity index (χ4v) is 6.08. The van der Waals surface area contributed by atoms with Crippen LogP contribution in [-0.2, 0) is 19.1 Å². The number of methoxy groups -OCH3 is 1. The second-order valence-electron chi connectivity index (χ2n) is 11.1. The zero-order valence-corrected chi connectivity index (χ0v) is 25.7. The Hall–Kier alpha value is -4.60. The van der Waals surface area contributed by atoms with Crippen LogP contribution in [-0.4, -0.2) is 55.2 Å². The number of nitro benzene ring substituents is 1. The van der Waals surface area contributed by atoms with Gasteiger partial charge in [-0.25, -0.2) is 9.59 Å². The van der Waals surface area contributed by atoms with Crippen LogP contribution in [0.5, 0.6) is 0 Å². The van der Waals surface area contributed by atoms with Gasteiger partial charge in [0.25, 0.3) is 5.69 Å². The summed E-state index contributed by atoms with van der Waals surface area (Å²) in [6.45, 7) is 4.75. The number of allylic oxidation sites excluding steroid dienone is 2. The molecule has 0 spiro atoms. The Morgan fingerprint density at radius 3 is 2.00 bits per heavy atom. The molecule has 0 saturated heterocycles. The normalized spacial score (nSPS) is 18.4. The van der Waals surface area contributed by atoms with E-state index >= 15 is 0 Å². The third-order valence-electron chi connectivity index (χ3n) is 8.73. The molecule has 4 rings (SSSR count). The van der Waals surface area contributed by atoms with E-state index in [0.717, 1.165) is 11.1 Å². The molecule has 1 aliphatic rings. The monoisotopic (exact) mass is 598 g/mol. The predicted molar refractivity (Wildman–Crippen MR) is 168 cm³/mol. The number of quaternary nitrogens is 1. The Kier molecular flexibility index (Phi) is 10.5. The zero-order chi connectivity index (χ0) is 31.9. The first-order valence-corrected chi connectivity index (χ1v) is 14.7. The van der Waals surface area contributed by atoms with Crippen molar-refractivity contribution in [1.82, 2.24) is 0 Å². The molecule has 2 atom stereocenters. The van der Waals surface area contributed by atoms with Crippen molar-refractivity contribution in [2.75, 3.05) is 33.9 Å². The van der Waals surface area contributed by atoms with E-state index in [2.05, 4.69) is 24.3 Å². The summed E-state index contributed by atoms with van der Waals surface area (Å²) in [4.78, 5) is 38.6. The van der Waals surface area contributed by atoms with Crippen molar-refractivity contribution >= 4 is 17.6 Å². The van der Waals surface area contributed by atoms with Crippen LogP contribution in [0.1, 0.15) is 55.2 Å². The first-order chi connectivity index (χ1) is 21.1. The van der Waals surface area contributed by atoms with Crippen LogP contribution in [0.2, 0.25) is 0 Å². The molecule has 2 unspecified atom stereocenters. The van der Waals surface area contributed by atoms with Gasteiger partial charge in [-0.3, -0.25) is 14.6 Å². The summed E-state index contributed by atoms with van der Waals surface area (Å²) in [6, 6.07) is 26.5. The van der Waals surface area contributed by atoms with Gasteiger partial charge in [-0.1, -0.05) is 72.8 Å². The third kappa shape index (κ3) is 6.64. The van der Waals surface area contributed by atoms with Gasteiger partial charge in [0.05, 0.1) is 38.2 Å². The lowest BCUT2D eigenvalue weighted by atomic mass is 9.78. The highest BCUT2D eigenvalue weighted by Gasteiger charge is 2.48. The lowest BCUT2D eigenvalue weighted by Crippen LogP contribution is -2.48. The van der Waals surface area contributed by atoms with Crippen LogP contribution in [0.25, 0.3) is 0 Å². The molecule has 230 valence electrons. The van der Waals surface area contributed by atoms with Crippen LogP contribution in [0, 0.1) is 10.1 Å². The molecule has 1 heterocycles. The average molecular weight is 599 g/mol. The molecule has 3 aromatic rings. The number of nitrogens with two attached hydrogens (primary N) is 1. The zero-order valence-electron chi connectivity index (χ0n) is 25.7. The Morgan fingerprint density at radius 1 is 0.909 bits per heavy atom. The fourth-order valence-electron chi connectivity index (χ4n) is 6.08. The van der Waals surface area contributed by atoms with E-state index in [1.807, 2.05) is 57.3 Å². The standard InChI is InChI=1S/C35H40N3O6/c1-24-31(34(39)43-4)33(28-17-11-18-29(23-28)37(41)42)32(35(40)44-22-12-20-36)25(2)38(24,3)21-19-30(26-13-7-5-8-14-26)27-15-9-6-10-16-27/h5-11,13-18,23,30,33H,12,19-22,36H2,1-4H3/q+1. The topological polar surface area (TPSA) is 122 Å². The van der Waals surface area contributed by atoms with Gasteiger partial charge < -0.3 is 15.2 Å². The molecule has 9 nitrogen and oxygen atoms in total. The number of benzene rings is 3. The minimum Gasteiger partial charge on any atom is -0.465 e. The van der Waals surface area contributed by atoms with Crippen molar-refractivity contribution in [3.05, 3.63) is 134 Å². The first-order valence-electron chi connectivity index (χ1n) is 14.7. The summed E-state index contributed by atoms with van der Waals surface area (Å²) in [7, 11) is 3.28. The van der Waals surface area contributed by atoms with Crippen LogP contribution in [0.4, 0.5) is 5.69 Å². The van der Waals surface area contributed by atoms with Crippen LogP contribution < -0.4 is 5.73 Å². The molecule has 0 aromatic heterocycles. The van der Waals surface area contributed by atoms with Gasteiger partial charge in [0, 0.05) is 38.3 Å². The van der Waals surface area contributed by atoms with E-state index in [-0.39, 0.29) is 33.8 Å². The quantitative estimate of drug-likeness (QED) is 0.0896. The van der Waals surface area contributed by atoms with Gasteiger partial charge in [-0.15, -0.1) is 0 Å². The van der Waals surface area contributed by atoms with Crippen LogP contribution in [0.15, 0.2) is 107 Å². The molecule has 0 saturated carbocycles. The maximum Gasteiger partial charge on any atom is 0.340 e. The van der Waals surface area contributed by atoms with Crippen LogP contribution >= 0.6 is 0 Å². The summed E-state index contributed by atoms with van der Waals surface area (Å²) in [5, 5.41) is 11.7. The highest BCUT2D eigenvalue weighted by atomic mass is 16.6. The summed E-state index contributed by atoms with van der Waals surface area (Å²) < 4.78 is 11.1. The Labute approximate surface area is 258 Å². The molecule has 2 N–H and O–H groups in total. The van der Waals surface area contributed by atoms with Crippen molar-refractivity contribution in [3.63, 3.8) is 0 Å². The number of hydrogen-bond acceptors (Lipinski definition) is 7. The van der Waals surface area contributed by atoms with E-state index in [9.17, 15) is 19.7 Å². The minimum absolute atomic E-state index is 0.0592. The van der Waals surface area contributed by atoms with Gasteiger partial charge in [-0.2, -0.15) is 0 Å². The summed E-state index contributed by atoms with van der Waals surface area (Å²) in [5.74, 6) is -2.05. The smallest absolute Gasteiger partial charge is 0.340 e. The second-order valence-corrected chi connectivity index (χ2v) is 11.1. The Morgan fingerprint density at radius 2 is 1.48 bits per heavy atom. The Balaban J connectivity index is 1.88. The predicted octanol–water partition coefficient (Wildman–Crippen LogP) is 5.97. The van der Waals surface area contributed by atoms with Gasteiger partial charge >= 0.3 is 11.9 Å². The molecule has 0 fully saturated rings. The number of nitrogens with zero attached hydrogens (tertiary/aromatic N) is 2. The molecular weight excluding hydrogens is 558 g/mol. The van der Waals surface area contributed by atoms with Crippen molar-refractivity contribution < 1.29 is 28.5 Å². The third-order valence-corrected chi connectivity index (χ3v) is 8.73. The molecule has 0 aliphatic carbocycles. The number of carbonyl (C=O) groups excluding carboxylic acids is 2. The van der Waals surface area contributed by atoms with Crippen molar-refractivity contribution in [2.24, 2.45) is 5.73 Å². The number of carbonyl (C=O) groups is 2. The van der Waals surface area contributed by atoms with Crippen molar-refractivity contribution in [1.29, 1.82) is 0 Å². The molecule has 1 aliphatic heterocycles. The van der Waals surface area contributed by atoms with Gasteiger partial charge in [0.15, 0.2) is 0 Å². The highest BCUT2D eigenvalue weighted by molar-refractivity contribution is 5.99. The van der Waals surface area contributed by atoms with Crippen molar-refractivity contribution in [2.45, 2.75) is 38.5 Å². The number of esters is 2. The van der Waals surface area contributed by atoms with E-state index in [1.54, 1.807) is 12.1 Å². The fraction of sp³-hybridized carbons (Fsp3) is 0.314. The lowest BCUT2D eigenvalue weighted by molar-refractivity contribution is -0.836. The summed E-state index contributed by atoms with van der Waals surface area (Å²) in [5.41, 5.74) is 10.2.